The van der Waals surface area contributed by atoms with E-state index in [0.717, 1.165) is 58.3 Å². The molecule has 2 aliphatic rings. The van der Waals surface area contributed by atoms with Gasteiger partial charge in [-0.25, -0.2) is 0 Å². The number of rotatable bonds is 9. The van der Waals surface area contributed by atoms with Crippen molar-refractivity contribution in [2.75, 3.05) is 67.1 Å². The Bertz CT molecular complexity index is 428. The number of nitrogens with zero attached hydrogens (tertiary/aromatic N) is 3. The van der Waals surface area contributed by atoms with Crippen molar-refractivity contribution in [1.82, 2.24) is 20.4 Å². The molecule has 1 aliphatic heterocycles. The Morgan fingerprint density at radius 1 is 1.15 bits per heavy atom. The SMILES string of the molecule is CN=C(NCC(C(C)C)N1CCN(C)CC1)NCC1(CCOC)CCC1. The van der Waals surface area contributed by atoms with Crippen LogP contribution in [-0.2, 0) is 4.74 Å². The molecular weight excluding hydrogens is 326 g/mol. The zero-order chi connectivity index (χ0) is 19.0. The molecule has 1 atom stereocenters. The number of guanidine groups is 1. The van der Waals surface area contributed by atoms with E-state index in [1.165, 1.54) is 19.3 Å². The van der Waals surface area contributed by atoms with Crippen LogP contribution in [0.15, 0.2) is 4.99 Å². The molecular formula is C20H41N5O. The minimum atomic E-state index is 0.405. The molecule has 1 aliphatic carbocycles. The topological polar surface area (TPSA) is 52.1 Å². The molecule has 0 aromatic carbocycles. The van der Waals surface area contributed by atoms with E-state index < -0.39 is 0 Å². The van der Waals surface area contributed by atoms with Gasteiger partial charge in [0, 0.05) is 66.1 Å². The van der Waals surface area contributed by atoms with Gasteiger partial charge in [-0.1, -0.05) is 20.3 Å². The molecule has 1 saturated heterocycles. The molecule has 1 unspecified atom stereocenters. The Balaban J connectivity index is 1.80. The zero-order valence-electron chi connectivity index (χ0n) is 17.7. The van der Waals surface area contributed by atoms with Crippen molar-refractivity contribution in [3.05, 3.63) is 0 Å². The van der Waals surface area contributed by atoms with Gasteiger partial charge in [0.05, 0.1) is 0 Å². The van der Waals surface area contributed by atoms with E-state index in [9.17, 15) is 0 Å². The van der Waals surface area contributed by atoms with Crippen LogP contribution >= 0.6 is 0 Å². The van der Waals surface area contributed by atoms with Crippen molar-refractivity contribution in [2.24, 2.45) is 16.3 Å². The van der Waals surface area contributed by atoms with E-state index in [4.69, 9.17) is 4.74 Å². The molecule has 0 bridgehead atoms. The zero-order valence-corrected chi connectivity index (χ0v) is 17.7. The highest BCUT2D eigenvalue weighted by atomic mass is 16.5. The maximum Gasteiger partial charge on any atom is 0.191 e. The molecule has 26 heavy (non-hydrogen) atoms. The number of hydrogen-bond acceptors (Lipinski definition) is 4. The van der Waals surface area contributed by atoms with Crippen LogP contribution < -0.4 is 10.6 Å². The summed E-state index contributed by atoms with van der Waals surface area (Å²) in [6.45, 7) is 12.1. The summed E-state index contributed by atoms with van der Waals surface area (Å²) in [6.07, 6.45) is 5.09. The van der Waals surface area contributed by atoms with Crippen molar-refractivity contribution >= 4 is 5.96 Å². The number of methoxy groups -OCH3 is 1. The Hall–Kier alpha value is -0.850. The van der Waals surface area contributed by atoms with Gasteiger partial charge < -0.3 is 20.3 Å². The van der Waals surface area contributed by atoms with Crippen LogP contribution in [-0.4, -0.2) is 88.9 Å². The van der Waals surface area contributed by atoms with Gasteiger partial charge in [-0.15, -0.1) is 0 Å². The van der Waals surface area contributed by atoms with Gasteiger partial charge in [0.15, 0.2) is 5.96 Å². The summed E-state index contributed by atoms with van der Waals surface area (Å²) in [4.78, 5) is 9.51. The third-order valence-electron chi connectivity index (χ3n) is 6.36. The van der Waals surface area contributed by atoms with Crippen molar-refractivity contribution < 1.29 is 4.74 Å². The Kier molecular flexibility index (Phi) is 8.64. The summed E-state index contributed by atoms with van der Waals surface area (Å²) in [5.74, 6) is 1.57. The summed E-state index contributed by atoms with van der Waals surface area (Å²) in [5, 5.41) is 7.17. The highest BCUT2D eigenvalue weighted by Crippen LogP contribution is 2.43. The summed E-state index contributed by atoms with van der Waals surface area (Å²) in [6, 6.07) is 0.549. The molecule has 6 nitrogen and oxygen atoms in total. The lowest BCUT2D eigenvalue weighted by Crippen LogP contribution is -2.55. The first kappa shape index (κ1) is 21.5. The maximum atomic E-state index is 5.30. The van der Waals surface area contributed by atoms with Crippen molar-refractivity contribution in [3.8, 4) is 0 Å². The molecule has 0 aromatic heterocycles. The first-order valence-electron chi connectivity index (χ1n) is 10.4. The van der Waals surface area contributed by atoms with Crippen LogP contribution in [0.25, 0.3) is 0 Å². The van der Waals surface area contributed by atoms with E-state index in [-0.39, 0.29) is 0 Å². The molecule has 2 fully saturated rings. The van der Waals surface area contributed by atoms with E-state index in [0.29, 0.717) is 17.4 Å². The quantitative estimate of drug-likeness (QED) is 0.479. The molecule has 0 amide bonds. The first-order valence-corrected chi connectivity index (χ1v) is 10.4. The summed E-state index contributed by atoms with van der Waals surface area (Å²) >= 11 is 0. The van der Waals surface area contributed by atoms with E-state index >= 15 is 0 Å². The minimum Gasteiger partial charge on any atom is -0.385 e. The Morgan fingerprint density at radius 2 is 1.85 bits per heavy atom. The summed E-state index contributed by atoms with van der Waals surface area (Å²) in [5.41, 5.74) is 0.405. The van der Waals surface area contributed by atoms with Crippen LogP contribution in [0.3, 0.4) is 0 Å². The number of ether oxygens (including phenoxy) is 1. The maximum absolute atomic E-state index is 5.30. The van der Waals surface area contributed by atoms with E-state index in [2.05, 4.69) is 46.3 Å². The molecule has 0 spiro atoms. The van der Waals surface area contributed by atoms with Gasteiger partial charge in [0.25, 0.3) is 0 Å². The average Bonchev–Trinajstić information content (AvgIpc) is 2.60. The second-order valence-electron chi connectivity index (χ2n) is 8.55. The first-order chi connectivity index (χ1) is 12.5. The Labute approximate surface area is 160 Å². The Morgan fingerprint density at radius 3 is 2.35 bits per heavy atom. The van der Waals surface area contributed by atoms with Crippen LogP contribution in [0, 0.1) is 11.3 Å². The average molecular weight is 368 g/mol. The second-order valence-corrected chi connectivity index (χ2v) is 8.55. The number of likely N-dealkylation sites (N-methyl/N-ethyl adjacent to an activating group) is 1. The summed E-state index contributed by atoms with van der Waals surface area (Å²) in [7, 11) is 5.88. The number of nitrogens with one attached hydrogen (secondary N) is 2. The normalized spacial score (nSPS) is 22.9. The number of hydrogen-bond donors (Lipinski definition) is 2. The molecule has 0 aromatic rings. The monoisotopic (exact) mass is 367 g/mol. The van der Waals surface area contributed by atoms with Gasteiger partial charge in [0.1, 0.15) is 0 Å². The lowest BCUT2D eigenvalue weighted by atomic mass is 9.67. The predicted octanol–water partition coefficient (Wildman–Crippen LogP) is 1.63. The minimum absolute atomic E-state index is 0.405. The van der Waals surface area contributed by atoms with Crippen LogP contribution in [0.1, 0.15) is 39.5 Å². The summed E-state index contributed by atoms with van der Waals surface area (Å²) < 4.78 is 5.30. The van der Waals surface area contributed by atoms with Crippen LogP contribution in [0.5, 0.6) is 0 Å². The fourth-order valence-electron chi connectivity index (χ4n) is 4.14. The smallest absolute Gasteiger partial charge is 0.191 e. The fraction of sp³-hybridized carbons (Fsp3) is 0.950. The molecule has 1 saturated carbocycles. The van der Waals surface area contributed by atoms with E-state index in [1.54, 1.807) is 7.11 Å². The number of piperazine rings is 1. The highest BCUT2D eigenvalue weighted by molar-refractivity contribution is 5.79. The highest BCUT2D eigenvalue weighted by Gasteiger charge is 2.36. The third-order valence-corrected chi connectivity index (χ3v) is 6.36. The molecule has 2 N–H and O–H groups in total. The van der Waals surface area contributed by atoms with Gasteiger partial charge in [0.2, 0.25) is 0 Å². The number of aliphatic imine (C=N–C) groups is 1. The fourth-order valence-corrected chi connectivity index (χ4v) is 4.14. The van der Waals surface area contributed by atoms with Gasteiger partial charge in [-0.05, 0) is 37.6 Å². The molecule has 152 valence electrons. The van der Waals surface area contributed by atoms with E-state index in [1.807, 2.05) is 7.05 Å². The second kappa shape index (κ2) is 10.5. The van der Waals surface area contributed by atoms with Crippen molar-refractivity contribution in [2.45, 2.75) is 45.6 Å². The van der Waals surface area contributed by atoms with Gasteiger partial charge in [-0.2, -0.15) is 0 Å². The molecule has 0 radical (unpaired) electrons. The van der Waals surface area contributed by atoms with Crippen molar-refractivity contribution in [1.29, 1.82) is 0 Å². The molecule has 1 heterocycles. The molecule has 6 heteroatoms. The van der Waals surface area contributed by atoms with Gasteiger partial charge >= 0.3 is 0 Å². The van der Waals surface area contributed by atoms with Crippen LogP contribution in [0.4, 0.5) is 0 Å². The third kappa shape index (κ3) is 6.10. The van der Waals surface area contributed by atoms with Gasteiger partial charge in [-0.3, -0.25) is 9.89 Å². The lowest BCUT2D eigenvalue weighted by Gasteiger charge is -2.42. The molecule has 2 rings (SSSR count). The largest absolute Gasteiger partial charge is 0.385 e. The van der Waals surface area contributed by atoms with Crippen LogP contribution in [0.2, 0.25) is 0 Å². The standard InChI is InChI=1S/C20H41N5O/c1-17(2)18(25-12-10-24(4)11-13-25)15-22-19(21-3)23-16-20(7-6-8-20)9-14-26-5/h17-18H,6-16H2,1-5H3,(H2,21,22,23). The lowest BCUT2D eigenvalue weighted by molar-refractivity contribution is 0.0729. The predicted molar refractivity (Wildman–Crippen MR) is 110 cm³/mol. The van der Waals surface area contributed by atoms with Crippen molar-refractivity contribution in [3.63, 3.8) is 0 Å².